The Labute approximate surface area is 168 Å². The van der Waals surface area contributed by atoms with E-state index in [2.05, 4.69) is 41.3 Å². The molecule has 150 valence electrons. The Morgan fingerprint density at radius 3 is 2.61 bits per heavy atom. The fourth-order valence-corrected chi connectivity index (χ4v) is 4.18. The van der Waals surface area contributed by atoms with E-state index in [1.807, 2.05) is 12.1 Å². The molecule has 0 heterocycles. The molecule has 0 aliphatic heterocycles. The summed E-state index contributed by atoms with van der Waals surface area (Å²) >= 11 is 0. The van der Waals surface area contributed by atoms with E-state index in [4.69, 9.17) is 9.47 Å². The van der Waals surface area contributed by atoms with Crippen molar-refractivity contribution in [3.05, 3.63) is 65.2 Å². The third kappa shape index (κ3) is 4.93. The molecule has 2 aliphatic carbocycles. The van der Waals surface area contributed by atoms with Crippen molar-refractivity contribution in [1.29, 1.82) is 0 Å². The van der Waals surface area contributed by atoms with E-state index in [1.165, 1.54) is 29.5 Å². The van der Waals surface area contributed by atoms with Crippen molar-refractivity contribution in [2.24, 2.45) is 0 Å². The Morgan fingerprint density at radius 1 is 1.07 bits per heavy atom. The number of hydrogen-bond acceptors (Lipinski definition) is 4. The highest BCUT2D eigenvalue weighted by molar-refractivity contribution is 5.31. The van der Waals surface area contributed by atoms with Crippen molar-refractivity contribution >= 4 is 0 Å². The molecule has 0 aromatic heterocycles. The third-order valence-electron chi connectivity index (χ3n) is 5.86. The summed E-state index contributed by atoms with van der Waals surface area (Å²) in [6.07, 6.45) is 5.43. The normalized spacial score (nSPS) is 20.0. The molecule has 0 amide bonds. The summed E-state index contributed by atoms with van der Waals surface area (Å²) in [5.41, 5.74) is 3.95. The molecule has 1 N–H and O–H groups in total. The summed E-state index contributed by atoms with van der Waals surface area (Å²) in [6, 6.07) is 17.4. The molecule has 28 heavy (non-hydrogen) atoms. The Bertz CT molecular complexity index is 757. The number of nitrogens with zero attached hydrogens (tertiary/aromatic N) is 1. The number of benzene rings is 2. The molecular formula is C24H31NO3. The molecule has 2 atom stereocenters. The highest BCUT2D eigenvalue weighted by atomic mass is 16.5. The number of aliphatic hydroxyl groups is 1. The molecule has 2 aromatic carbocycles. The van der Waals surface area contributed by atoms with Gasteiger partial charge in [0.15, 0.2) is 0 Å². The van der Waals surface area contributed by atoms with Gasteiger partial charge in [0.1, 0.15) is 5.75 Å². The van der Waals surface area contributed by atoms with Crippen molar-refractivity contribution in [3.8, 4) is 5.75 Å². The van der Waals surface area contributed by atoms with Crippen LogP contribution >= 0.6 is 0 Å². The van der Waals surface area contributed by atoms with Gasteiger partial charge in [0.25, 0.3) is 0 Å². The van der Waals surface area contributed by atoms with Crippen molar-refractivity contribution in [2.45, 2.75) is 56.9 Å². The molecule has 4 nitrogen and oxygen atoms in total. The van der Waals surface area contributed by atoms with Gasteiger partial charge in [0, 0.05) is 19.1 Å². The van der Waals surface area contributed by atoms with Gasteiger partial charge in [-0.2, -0.15) is 0 Å². The summed E-state index contributed by atoms with van der Waals surface area (Å²) in [5.74, 6) is 0.878. The predicted molar refractivity (Wildman–Crippen MR) is 111 cm³/mol. The minimum Gasteiger partial charge on any atom is -0.497 e. The highest BCUT2D eigenvalue weighted by Crippen LogP contribution is 2.33. The zero-order valence-corrected chi connectivity index (χ0v) is 16.7. The Kier molecular flexibility index (Phi) is 6.30. The first kappa shape index (κ1) is 19.4. The van der Waals surface area contributed by atoms with Crippen molar-refractivity contribution < 1.29 is 14.6 Å². The second kappa shape index (κ2) is 9.08. The second-order valence-corrected chi connectivity index (χ2v) is 8.08. The van der Waals surface area contributed by atoms with Crippen LogP contribution in [-0.4, -0.2) is 42.4 Å². The molecule has 1 saturated carbocycles. The first-order valence-corrected chi connectivity index (χ1v) is 10.5. The lowest BCUT2D eigenvalue weighted by Gasteiger charge is -2.29. The summed E-state index contributed by atoms with van der Waals surface area (Å²) in [5, 5.41) is 10.6. The van der Waals surface area contributed by atoms with E-state index in [0.717, 1.165) is 31.6 Å². The molecule has 4 heteroatoms. The van der Waals surface area contributed by atoms with Gasteiger partial charge < -0.3 is 14.6 Å². The Hall–Kier alpha value is -1.88. The van der Waals surface area contributed by atoms with E-state index < -0.39 is 6.10 Å². The summed E-state index contributed by atoms with van der Waals surface area (Å²) < 4.78 is 11.4. The molecule has 0 radical (unpaired) electrons. The lowest BCUT2D eigenvalue weighted by molar-refractivity contribution is -0.0298. The largest absolute Gasteiger partial charge is 0.497 e. The summed E-state index contributed by atoms with van der Waals surface area (Å²) in [7, 11) is 1.69. The quantitative estimate of drug-likeness (QED) is 0.710. The van der Waals surface area contributed by atoms with E-state index in [1.54, 1.807) is 7.11 Å². The van der Waals surface area contributed by atoms with Gasteiger partial charge in [-0.1, -0.05) is 36.4 Å². The summed E-state index contributed by atoms with van der Waals surface area (Å²) in [6.45, 7) is 1.91. The van der Waals surface area contributed by atoms with Crippen LogP contribution in [0.25, 0.3) is 0 Å². The molecule has 1 fully saturated rings. The van der Waals surface area contributed by atoms with Gasteiger partial charge >= 0.3 is 0 Å². The second-order valence-electron chi connectivity index (χ2n) is 8.08. The minimum atomic E-state index is -0.465. The number of rotatable bonds is 9. The molecule has 4 rings (SSSR count). The SMILES string of the molecule is COc1ccc(CN(C[C@@H](O)CO[C@@H]2CCCc3ccccc32)C2CC2)cc1. The maximum atomic E-state index is 10.6. The monoisotopic (exact) mass is 381 g/mol. The zero-order chi connectivity index (χ0) is 19.3. The number of aryl methyl sites for hydroxylation is 1. The maximum absolute atomic E-state index is 10.6. The van der Waals surface area contributed by atoms with E-state index >= 15 is 0 Å². The topological polar surface area (TPSA) is 41.9 Å². The molecular weight excluding hydrogens is 350 g/mol. The Balaban J connectivity index is 1.31. The fraction of sp³-hybridized carbons (Fsp3) is 0.500. The van der Waals surface area contributed by atoms with Gasteiger partial charge in [0.05, 0.1) is 25.9 Å². The lowest BCUT2D eigenvalue weighted by Crippen LogP contribution is -2.36. The maximum Gasteiger partial charge on any atom is 0.118 e. The standard InChI is InChI=1S/C24H31NO3/c1-27-22-13-9-18(10-14-22)15-25(20-11-12-20)16-21(26)17-28-24-8-4-6-19-5-2-3-7-23(19)24/h2-3,5,7,9-10,13-14,20-21,24,26H,4,6,8,11-12,15-17H2,1H3/t21-,24-/m1/s1. The van der Waals surface area contributed by atoms with Crippen molar-refractivity contribution in [3.63, 3.8) is 0 Å². The van der Waals surface area contributed by atoms with Crippen LogP contribution in [0.5, 0.6) is 5.75 Å². The molecule has 0 bridgehead atoms. The van der Waals surface area contributed by atoms with Gasteiger partial charge in [-0.25, -0.2) is 0 Å². The van der Waals surface area contributed by atoms with Gasteiger partial charge in [-0.3, -0.25) is 4.90 Å². The number of ether oxygens (including phenoxy) is 2. The van der Waals surface area contributed by atoms with Crippen LogP contribution in [0.15, 0.2) is 48.5 Å². The van der Waals surface area contributed by atoms with Crippen molar-refractivity contribution in [1.82, 2.24) is 4.90 Å². The zero-order valence-electron chi connectivity index (χ0n) is 16.7. The van der Waals surface area contributed by atoms with E-state index in [9.17, 15) is 5.11 Å². The fourth-order valence-electron chi connectivity index (χ4n) is 4.18. The van der Waals surface area contributed by atoms with E-state index in [-0.39, 0.29) is 6.10 Å². The smallest absolute Gasteiger partial charge is 0.118 e. The van der Waals surface area contributed by atoms with Gasteiger partial charge in [0.2, 0.25) is 0 Å². The molecule has 2 aromatic rings. The average molecular weight is 382 g/mol. The third-order valence-corrected chi connectivity index (χ3v) is 5.86. The number of aliphatic hydroxyl groups excluding tert-OH is 1. The number of methoxy groups -OCH3 is 1. The predicted octanol–water partition coefficient (Wildman–Crippen LogP) is 4.11. The van der Waals surface area contributed by atoms with Crippen LogP contribution in [-0.2, 0) is 17.7 Å². The summed E-state index contributed by atoms with van der Waals surface area (Å²) in [4.78, 5) is 2.39. The van der Waals surface area contributed by atoms with E-state index in [0.29, 0.717) is 19.2 Å². The van der Waals surface area contributed by atoms with Crippen LogP contribution in [0.4, 0.5) is 0 Å². The Morgan fingerprint density at radius 2 is 1.86 bits per heavy atom. The highest BCUT2D eigenvalue weighted by Gasteiger charge is 2.30. The lowest BCUT2D eigenvalue weighted by atomic mass is 9.89. The van der Waals surface area contributed by atoms with Crippen LogP contribution in [0.1, 0.15) is 48.5 Å². The molecule has 0 spiro atoms. The van der Waals surface area contributed by atoms with Crippen LogP contribution in [0.2, 0.25) is 0 Å². The number of hydrogen-bond donors (Lipinski definition) is 1. The van der Waals surface area contributed by atoms with Crippen LogP contribution in [0.3, 0.4) is 0 Å². The van der Waals surface area contributed by atoms with Crippen molar-refractivity contribution in [2.75, 3.05) is 20.3 Å². The van der Waals surface area contributed by atoms with Gasteiger partial charge in [-0.15, -0.1) is 0 Å². The first-order valence-electron chi connectivity index (χ1n) is 10.5. The number of fused-ring (bicyclic) bond motifs is 1. The molecule has 0 saturated heterocycles. The minimum absolute atomic E-state index is 0.121. The van der Waals surface area contributed by atoms with Gasteiger partial charge in [-0.05, 0) is 60.9 Å². The van der Waals surface area contributed by atoms with Crippen LogP contribution in [0, 0.1) is 0 Å². The molecule has 0 unspecified atom stereocenters. The van der Waals surface area contributed by atoms with Crippen LogP contribution < -0.4 is 4.74 Å². The first-order chi connectivity index (χ1) is 13.7. The average Bonchev–Trinajstić information content (AvgIpc) is 3.58. The molecule has 2 aliphatic rings.